The van der Waals surface area contributed by atoms with Crippen molar-refractivity contribution in [2.24, 2.45) is 0 Å². The van der Waals surface area contributed by atoms with Crippen molar-refractivity contribution in [3.05, 3.63) is 75.8 Å². The Kier molecular flexibility index (Phi) is 6.19. The lowest BCUT2D eigenvalue weighted by atomic mass is 10.1. The quantitative estimate of drug-likeness (QED) is 0.558. The third-order valence-electron chi connectivity index (χ3n) is 3.54. The van der Waals surface area contributed by atoms with Crippen LogP contribution < -0.4 is 0 Å². The highest BCUT2D eigenvalue weighted by Gasteiger charge is 2.12. The third-order valence-corrected chi connectivity index (χ3v) is 5.53. The van der Waals surface area contributed by atoms with E-state index in [1.165, 1.54) is 11.3 Å². The maximum atomic E-state index is 12.2. The van der Waals surface area contributed by atoms with E-state index in [1.54, 1.807) is 24.5 Å². The van der Waals surface area contributed by atoms with Crippen LogP contribution in [0.5, 0.6) is 0 Å². The van der Waals surface area contributed by atoms with E-state index in [-0.39, 0.29) is 6.61 Å². The lowest BCUT2D eigenvalue weighted by Crippen LogP contribution is -2.06. The predicted molar refractivity (Wildman–Crippen MR) is 106 cm³/mol. The first-order valence-electron chi connectivity index (χ1n) is 7.78. The van der Waals surface area contributed by atoms with Crippen LogP contribution in [0, 0.1) is 0 Å². The van der Waals surface area contributed by atoms with E-state index < -0.39 is 16.8 Å². The van der Waals surface area contributed by atoms with Crippen molar-refractivity contribution < 1.29 is 13.7 Å². The van der Waals surface area contributed by atoms with Gasteiger partial charge in [-0.2, -0.15) is 0 Å². The maximum absolute atomic E-state index is 12.2. The van der Waals surface area contributed by atoms with E-state index in [9.17, 15) is 9.00 Å². The van der Waals surface area contributed by atoms with E-state index >= 15 is 0 Å². The molecular weight excluding hydrogens is 390 g/mol. The maximum Gasteiger partial charge on any atom is 0.338 e. The Labute approximate surface area is 163 Å². The van der Waals surface area contributed by atoms with Crippen molar-refractivity contribution in [1.82, 2.24) is 4.98 Å². The van der Waals surface area contributed by atoms with Gasteiger partial charge in [0.15, 0.2) is 0 Å². The molecule has 0 saturated carbocycles. The van der Waals surface area contributed by atoms with Crippen LogP contribution in [-0.2, 0) is 27.9 Å². The molecule has 0 aliphatic rings. The molecule has 134 valence electrons. The summed E-state index contributed by atoms with van der Waals surface area (Å²) in [7, 11) is -0.961. The molecule has 26 heavy (non-hydrogen) atoms. The number of benzene rings is 2. The minimum atomic E-state index is -0.961. The van der Waals surface area contributed by atoms with E-state index in [2.05, 4.69) is 4.98 Å². The highest BCUT2D eigenvalue weighted by atomic mass is 35.5. The number of thiazole rings is 1. The first-order valence-corrected chi connectivity index (χ1v) is 10.8. The van der Waals surface area contributed by atoms with E-state index in [0.29, 0.717) is 22.0 Å². The number of halogens is 1. The van der Waals surface area contributed by atoms with Crippen molar-refractivity contribution in [3.63, 3.8) is 0 Å². The molecule has 3 aromatic rings. The lowest BCUT2D eigenvalue weighted by molar-refractivity contribution is 0.0468. The van der Waals surface area contributed by atoms with Gasteiger partial charge < -0.3 is 4.74 Å². The molecule has 0 radical (unpaired) electrons. The first kappa shape index (κ1) is 18.8. The number of hydrogen-bond donors (Lipinski definition) is 0. The number of esters is 1. The first-order chi connectivity index (χ1) is 12.5. The molecule has 3 rings (SSSR count). The average molecular weight is 406 g/mol. The molecule has 0 bridgehead atoms. The number of hydrogen-bond acceptors (Lipinski definition) is 5. The fourth-order valence-corrected chi connectivity index (χ4v) is 4.15. The topological polar surface area (TPSA) is 56.3 Å². The Morgan fingerprint density at radius 2 is 2.04 bits per heavy atom. The molecule has 0 aliphatic heterocycles. The standard InChI is InChI=1S/C19H16ClNO3S2/c1-26(23)12-13-5-4-6-14(9-13)19(22)24-10-15-11-25-18(21-15)16-7-2-3-8-17(16)20/h2-9,11H,10,12H2,1H3. The molecule has 0 amide bonds. The fourth-order valence-electron chi connectivity index (χ4n) is 2.38. The predicted octanol–water partition coefficient (Wildman–Crippen LogP) is 4.70. The van der Waals surface area contributed by atoms with Crippen LogP contribution in [0.1, 0.15) is 21.6 Å². The fraction of sp³-hybridized carbons (Fsp3) is 0.158. The Morgan fingerprint density at radius 1 is 1.23 bits per heavy atom. The van der Waals surface area contributed by atoms with Gasteiger partial charge in [0.2, 0.25) is 0 Å². The summed E-state index contributed by atoms with van der Waals surface area (Å²) in [4.78, 5) is 16.7. The summed E-state index contributed by atoms with van der Waals surface area (Å²) in [5, 5.41) is 3.27. The number of rotatable bonds is 6. The van der Waals surface area contributed by atoms with Crippen LogP contribution in [0.25, 0.3) is 10.6 Å². The van der Waals surface area contributed by atoms with E-state index in [1.807, 2.05) is 35.7 Å². The second-order valence-corrected chi connectivity index (χ2v) is 8.32. The van der Waals surface area contributed by atoms with Crippen molar-refractivity contribution in [2.45, 2.75) is 12.4 Å². The van der Waals surface area contributed by atoms with Gasteiger partial charge in [-0.3, -0.25) is 4.21 Å². The molecule has 1 atom stereocenters. The Hall–Kier alpha value is -2.02. The SMILES string of the molecule is CS(=O)Cc1cccc(C(=O)OCc2csc(-c3ccccc3Cl)n2)c1. The van der Waals surface area contributed by atoms with Crippen molar-refractivity contribution in [2.75, 3.05) is 6.26 Å². The summed E-state index contributed by atoms with van der Waals surface area (Å²) in [5.41, 5.74) is 2.81. The minimum absolute atomic E-state index is 0.0870. The van der Waals surface area contributed by atoms with Gasteiger partial charge in [-0.15, -0.1) is 11.3 Å². The van der Waals surface area contributed by atoms with Gasteiger partial charge in [0.1, 0.15) is 11.6 Å². The molecule has 1 aromatic heterocycles. The third kappa shape index (κ3) is 4.78. The minimum Gasteiger partial charge on any atom is -0.456 e. The molecule has 1 heterocycles. The van der Waals surface area contributed by atoms with Gasteiger partial charge >= 0.3 is 5.97 Å². The molecule has 0 saturated heterocycles. The summed E-state index contributed by atoms with van der Waals surface area (Å²) in [6, 6.07) is 14.5. The molecule has 4 nitrogen and oxygen atoms in total. The smallest absolute Gasteiger partial charge is 0.338 e. The zero-order valence-electron chi connectivity index (χ0n) is 14.0. The molecule has 0 aliphatic carbocycles. The van der Waals surface area contributed by atoms with Gasteiger partial charge in [-0.1, -0.05) is 41.9 Å². The summed E-state index contributed by atoms with van der Waals surface area (Å²) in [6.07, 6.45) is 1.63. The van der Waals surface area contributed by atoms with E-state index in [4.69, 9.17) is 16.3 Å². The second-order valence-electron chi connectivity index (χ2n) is 5.62. The molecule has 2 aromatic carbocycles. The molecule has 0 spiro atoms. The Balaban J connectivity index is 1.65. The van der Waals surface area contributed by atoms with E-state index in [0.717, 1.165) is 16.1 Å². The van der Waals surface area contributed by atoms with Crippen LogP contribution in [0.4, 0.5) is 0 Å². The van der Waals surface area contributed by atoms with Gasteiger partial charge in [0.05, 0.1) is 16.3 Å². The Bertz CT molecular complexity index is 955. The molecule has 7 heteroatoms. The van der Waals surface area contributed by atoms with Crippen LogP contribution >= 0.6 is 22.9 Å². The highest BCUT2D eigenvalue weighted by molar-refractivity contribution is 7.83. The van der Waals surface area contributed by atoms with Crippen molar-refractivity contribution in [3.8, 4) is 10.6 Å². The van der Waals surface area contributed by atoms with Gasteiger partial charge in [-0.05, 0) is 23.8 Å². The normalized spacial score (nSPS) is 11.9. The van der Waals surface area contributed by atoms with Crippen molar-refractivity contribution in [1.29, 1.82) is 0 Å². The Morgan fingerprint density at radius 3 is 2.81 bits per heavy atom. The zero-order chi connectivity index (χ0) is 18.5. The summed E-state index contributed by atoms with van der Waals surface area (Å²) in [6.45, 7) is 0.0870. The van der Waals surface area contributed by atoms with Gasteiger partial charge in [0, 0.05) is 33.8 Å². The summed E-state index contributed by atoms with van der Waals surface area (Å²) < 4.78 is 16.7. The van der Waals surface area contributed by atoms with Gasteiger partial charge in [-0.25, -0.2) is 9.78 Å². The molecular formula is C19H16ClNO3S2. The number of carbonyl (C=O) groups excluding carboxylic acids is 1. The van der Waals surface area contributed by atoms with Crippen LogP contribution in [0.15, 0.2) is 53.9 Å². The monoisotopic (exact) mass is 405 g/mol. The molecule has 0 fully saturated rings. The molecule has 0 N–H and O–H groups in total. The average Bonchev–Trinajstić information content (AvgIpc) is 3.08. The molecule has 1 unspecified atom stereocenters. The lowest BCUT2D eigenvalue weighted by Gasteiger charge is -2.05. The largest absolute Gasteiger partial charge is 0.456 e. The van der Waals surface area contributed by atoms with Crippen LogP contribution in [0.3, 0.4) is 0 Å². The highest BCUT2D eigenvalue weighted by Crippen LogP contribution is 2.30. The zero-order valence-corrected chi connectivity index (χ0v) is 16.4. The summed E-state index contributed by atoms with van der Waals surface area (Å²) >= 11 is 7.64. The number of nitrogens with zero attached hydrogens (tertiary/aromatic N) is 1. The summed E-state index contributed by atoms with van der Waals surface area (Å²) in [5.74, 6) is -0.0185. The van der Waals surface area contributed by atoms with Crippen LogP contribution in [0.2, 0.25) is 5.02 Å². The van der Waals surface area contributed by atoms with Crippen molar-refractivity contribution >= 4 is 39.7 Å². The van der Waals surface area contributed by atoms with Crippen LogP contribution in [-0.4, -0.2) is 21.4 Å². The second kappa shape index (κ2) is 8.58. The number of ether oxygens (including phenoxy) is 1. The number of carbonyl (C=O) groups is 1. The van der Waals surface area contributed by atoms with Gasteiger partial charge in [0.25, 0.3) is 0 Å². The number of aromatic nitrogens is 1.